The van der Waals surface area contributed by atoms with Gasteiger partial charge in [0.15, 0.2) is 5.13 Å². The summed E-state index contributed by atoms with van der Waals surface area (Å²) in [5.74, 6) is -0.482. The van der Waals surface area contributed by atoms with Crippen molar-refractivity contribution in [2.45, 2.75) is 25.4 Å². The highest BCUT2D eigenvalue weighted by Gasteiger charge is 2.36. The number of hydrogen-bond acceptors (Lipinski definition) is 3. The van der Waals surface area contributed by atoms with Crippen molar-refractivity contribution >= 4 is 49.9 Å². The molecule has 1 amide bonds. The molecule has 1 aliphatic carbocycles. The molecule has 3 aromatic rings. The van der Waals surface area contributed by atoms with Crippen LogP contribution in [0.3, 0.4) is 0 Å². The van der Waals surface area contributed by atoms with Crippen LogP contribution in [-0.2, 0) is 11.0 Å². The molecule has 27 heavy (non-hydrogen) atoms. The molecule has 140 valence electrons. The third-order valence-electron chi connectivity index (χ3n) is 4.66. The Morgan fingerprint density at radius 3 is 2.56 bits per heavy atom. The lowest BCUT2D eigenvalue weighted by Gasteiger charge is -2.31. The van der Waals surface area contributed by atoms with Gasteiger partial charge < -0.3 is 0 Å². The van der Waals surface area contributed by atoms with E-state index in [0.29, 0.717) is 10.6 Å². The smallest absolute Gasteiger partial charge is 0.274 e. The predicted octanol–water partition coefficient (Wildman–Crippen LogP) is 6.43. The van der Waals surface area contributed by atoms with Crippen LogP contribution in [0.25, 0.3) is 10.2 Å². The van der Waals surface area contributed by atoms with Gasteiger partial charge in [-0.05, 0) is 43.2 Å². The summed E-state index contributed by atoms with van der Waals surface area (Å²) in [6.07, 6.45) is -2.16. The molecule has 0 aliphatic heterocycles. The van der Waals surface area contributed by atoms with E-state index >= 15 is 0 Å². The number of para-hydroxylation sites is 1. The second kappa shape index (κ2) is 6.80. The molecule has 0 spiro atoms. The number of amides is 1. The van der Waals surface area contributed by atoms with Crippen LogP contribution in [0, 0.1) is 5.92 Å². The van der Waals surface area contributed by atoms with Crippen LogP contribution in [0.5, 0.6) is 0 Å². The average Bonchev–Trinajstić information content (AvgIpc) is 2.97. The minimum absolute atomic E-state index is 0.0162. The van der Waals surface area contributed by atoms with E-state index in [1.807, 2.05) is 18.2 Å². The zero-order chi connectivity index (χ0) is 19.2. The second-order valence-corrected chi connectivity index (χ2v) is 7.85. The molecule has 3 nitrogen and oxygen atoms in total. The number of benzene rings is 2. The van der Waals surface area contributed by atoms with E-state index in [0.717, 1.165) is 36.1 Å². The largest absolute Gasteiger partial charge is 0.416 e. The Morgan fingerprint density at radius 2 is 1.93 bits per heavy atom. The maximum atomic E-state index is 13.2. The lowest BCUT2D eigenvalue weighted by atomic mass is 9.84. The lowest BCUT2D eigenvalue weighted by molar-refractivity contribution is -0.137. The number of rotatable bonds is 3. The van der Waals surface area contributed by atoms with E-state index in [-0.39, 0.29) is 22.5 Å². The number of alkyl halides is 3. The predicted molar refractivity (Wildman–Crippen MR) is 101 cm³/mol. The molecule has 4 rings (SSSR count). The van der Waals surface area contributed by atoms with Crippen LogP contribution in [0.15, 0.2) is 42.5 Å². The monoisotopic (exact) mass is 410 g/mol. The van der Waals surface area contributed by atoms with Crippen LogP contribution in [0.1, 0.15) is 24.8 Å². The number of anilines is 2. The molecule has 0 N–H and O–H groups in total. The van der Waals surface area contributed by atoms with Crippen molar-refractivity contribution in [2.75, 3.05) is 4.90 Å². The molecule has 1 fully saturated rings. The Bertz CT molecular complexity index is 981. The first-order valence-corrected chi connectivity index (χ1v) is 9.60. The Kier molecular flexibility index (Phi) is 4.60. The highest BCUT2D eigenvalue weighted by molar-refractivity contribution is 7.22. The number of fused-ring (bicyclic) bond motifs is 1. The number of halogens is 4. The van der Waals surface area contributed by atoms with Crippen molar-refractivity contribution in [2.24, 2.45) is 5.92 Å². The minimum Gasteiger partial charge on any atom is -0.274 e. The molecular weight excluding hydrogens is 397 g/mol. The fourth-order valence-electron chi connectivity index (χ4n) is 2.97. The molecule has 0 atom stereocenters. The van der Waals surface area contributed by atoms with Crippen LogP contribution < -0.4 is 4.90 Å². The molecule has 1 aromatic heterocycles. The van der Waals surface area contributed by atoms with Gasteiger partial charge >= 0.3 is 6.18 Å². The molecule has 1 aliphatic rings. The van der Waals surface area contributed by atoms with Gasteiger partial charge in [0.05, 0.1) is 26.5 Å². The van der Waals surface area contributed by atoms with Gasteiger partial charge in [-0.3, -0.25) is 9.69 Å². The third-order valence-corrected chi connectivity index (χ3v) is 6.00. The van der Waals surface area contributed by atoms with Gasteiger partial charge in [-0.2, -0.15) is 13.2 Å². The Morgan fingerprint density at radius 1 is 1.19 bits per heavy atom. The molecule has 0 saturated heterocycles. The molecule has 2 aromatic carbocycles. The van der Waals surface area contributed by atoms with Crippen LogP contribution in [-0.4, -0.2) is 10.9 Å². The van der Waals surface area contributed by atoms with E-state index in [1.54, 1.807) is 6.07 Å². The second-order valence-electron chi connectivity index (χ2n) is 6.43. The van der Waals surface area contributed by atoms with E-state index in [9.17, 15) is 18.0 Å². The van der Waals surface area contributed by atoms with Gasteiger partial charge in [-0.15, -0.1) is 0 Å². The van der Waals surface area contributed by atoms with Gasteiger partial charge in [-0.1, -0.05) is 41.5 Å². The highest BCUT2D eigenvalue weighted by Crippen LogP contribution is 2.42. The lowest BCUT2D eigenvalue weighted by Crippen LogP contribution is -2.36. The van der Waals surface area contributed by atoms with Crippen molar-refractivity contribution in [1.29, 1.82) is 0 Å². The maximum Gasteiger partial charge on any atom is 0.416 e. The van der Waals surface area contributed by atoms with Gasteiger partial charge in [-0.25, -0.2) is 4.98 Å². The van der Waals surface area contributed by atoms with Gasteiger partial charge in [0.2, 0.25) is 5.91 Å². The van der Waals surface area contributed by atoms with Crippen molar-refractivity contribution in [1.82, 2.24) is 4.98 Å². The normalized spacial score (nSPS) is 15.0. The summed E-state index contributed by atoms with van der Waals surface area (Å²) in [7, 11) is 0. The summed E-state index contributed by atoms with van der Waals surface area (Å²) < 4.78 is 40.5. The summed E-state index contributed by atoms with van der Waals surface area (Å²) in [4.78, 5) is 18.8. The van der Waals surface area contributed by atoms with E-state index in [1.165, 1.54) is 22.3 Å². The van der Waals surface area contributed by atoms with Crippen molar-refractivity contribution < 1.29 is 18.0 Å². The number of carbonyl (C=O) groups excluding carboxylic acids is 1. The molecule has 0 radical (unpaired) electrons. The topological polar surface area (TPSA) is 33.2 Å². The van der Waals surface area contributed by atoms with Crippen molar-refractivity contribution in [3.05, 3.63) is 53.1 Å². The zero-order valence-corrected chi connectivity index (χ0v) is 15.5. The van der Waals surface area contributed by atoms with E-state index in [2.05, 4.69) is 4.98 Å². The summed E-state index contributed by atoms with van der Waals surface area (Å²) in [6, 6.07) is 10.3. The number of thiazole rings is 1. The number of nitrogens with zero attached hydrogens (tertiary/aromatic N) is 2. The fraction of sp³-hybridized carbons (Fsp3) is 0.263. The minimum atomic E-state index is -4.53. The first-order valence-electron chi connectivity index (χ1n) is 8.41. The summed E-state index contributed by atoms with van der Waals surface area (Å²) in [5.41, 5.74) is -0.149. The van der Waals surface area contributed by atoms with Crippen LogP contribution in [0.4, 0.5) is 24.0 Å². The number of carbonyl (C=O) groups is 1. The van der Waals surface area contributed by atoms with E-state index in [4.69, 9.17) is 11.6 Å². The molecular formula is C19H14ClF3N2OS. The molecule has 1 saturated carbocycles. The third kappa shape index (κ3) is 3.41. The maximum absolute atomic E-state index is 13.2. The quantitative estimate of drug-likeness (QED) is 0.498. The SMILES string of the molecule is O=C(C1CCC1)N(c1nc2ccccc2s1)c1cc(C(F)(F)F)ccc1Cl. The molecule has 0 bridgehead atoms. The van der Waals surface area contributed by atoms with Crippen molar-refractivity contribution in [3.63, 3.8) is 0 Å². The van der Waals surface area contributed by atoms with E-state index < -0.39 is 11.7 Å². The Labute approximate surface area is 162 Å². The average molecular weight is 411 g/mol. The Balaban J connectivity index is 1.87. The van der Waals surface area contributed by atoms with Gasteiger partial charge in [0.25, 0.3) is 0 Å². The Hall–Kier alpha value is -2.12. The van der Waals surface area contributed by atoms with Crippen molar-refractivity contribution in [3.8, 4) is 0 Å². The standard InChI is InChI=1S/C19H14ClF3N2OS/c20-13-9-8-12(19(21,22)23)10-15(13)25(17(26)11-4-3-5-11)18-24-14-6-1-2-7-16(14)27-18/h1-2,6-11H,3-5H2. The molecule has 1 heterocycles. The van der Waals surface area contributed by atoms with Crippen LogP contribution >= 0.6 is 22.9 Å². The van der Waals surface area contributed by atoms with Crippen LogP contribution in [0.2, 0.25) is 5.02 Å². The summed E-state index contributed by atoms with van der Waals surface area (Å²) in [5, 5.41) is 0.407. The number of hydrogen-bond donors (Lipinski definition) is 0. The zero-order valence-electron chi connectivity index (χ0n) is 14.0. The highest BCUT2D eigenvalue weighted by atomic mass is 35.5. The summed E-state index contributed by atoms with van der Waals surface area (Å²) >= 11 is 7.47. The first kappa shape index (κ1) is 18.3. The first-order chi connectivity index (χ1) is 12.8. The molecule has 0 unspecified atom stereocenters. The van der Waals surface area contributed by atoms with Gasteiger partial charge in [0.1, 0.15) is 0 Å². The summed E-state index contributed by atoms with van der Waals surface area (Å²) in [6.45, 7) is 0. The molecule has 8 heteroatoms. The fourth-order valence-corrected chi connectivity index (χ4v) is 4.16. The number of aromatic nitrogens is 1. The van der Waals surface area contributed by atoms with Gasteiger partial charge in [0, 0.05) is 5.92 Å².